The molecule has 1 N–H and O–H groups in total. The molecule has 0 radical (unpaired) electrons. The van der Waals surface area contributed by atoms with Crippen molar-refractivity contribution >= 4 is 40.3 Å². The number of hydrogen-bond acceptors (Lipinski definition) is 7. The van der Waals surface area contributed by atoms with Gasteiger partial charge in [0.1, 0.15) is 6.54 Å². The average Bonchev–Trinajstić information content (AvgIpc) is 2.91. The Hall–Kier alpha value is -2.62. The van der Waals surface area contributed by atoms with E-state index in [0.717, 1.165) is 11.8 Å². The van der Waals surface area contributed by atoms with Crippen LogP contribution in [0.15, 0.2) is 24.3 Å². The quantitative estimate of drug-likeness (QED) is 0.470. The minimum Gasteiger partial charge on any atom is -0.454 e. The smallest absolute Gasteiger partial charge is 0.326 e. The molecule has 122 valence electrons. The third-order valence-electron chi connectivity index (χ3n) is 2.89. The van der Waals surface area contributed by atoms with Crippen LogP contribution >= 0.6 is 11.8 Å². The Balaban J connectivity index is 1.75. The average molecular weight is 339 g/mol. The number of benzene rings is 1. The van der Waals surface area contributed by atoms with Crippen LogP contribution in [0.1, 0.15) is 0 Å². The standard InChI is InChI=1S/C13H13N3O6S/c17-11(14-9-1-3-10(4-2-9)16(20)21)8-22-12(18)7-15-5-6-23-13(15)19/h1-4H,5-8H2,(H,14,17). The number of nitrogens with zero attached hydrogens (tertiary/aromatic N) is 2. The van der Waals surface area contributed by atoms with Gasteiger partial charge in [-0.1, -0.05) is 11.8 Å². The fraction of sp³-hybridized carbons (Fsp3) is 0.308. The van der Waals surface area contributed by atoms with E-state index in [-0.39, 0.29) is 17.5 Å². The number of nitro benzene ring substituents is 1. The fourth-order valence-corrected chi connectivity index (χ4v) is 2.61. The second-order valence-electron chi connectivity index (χ2n) is 4.55. The zero-order valence-corrected chi connectivity index (χ0v) is 12.7. The van der Waals surface area contributed by atoms with E-state index in [0.29, 0.717) is 18.0 Å². The number of carbonyl (C=O) groups excluding carboxylic acids is 3. The van der Waals surface area contributed by atoms with Crippen LogP contribution in [0.25, 0.3) is 0 Å². The van der Waals surface area contributed by atoms with Crippen LogP contribution in [0.4, 0.5) is 16.2 Å². The molecular formula is C13H13N3O6S. The van der Waals surface area contributed by atoms with Gasteiger partial charge in [0.15, 0.2) is 6.61 Å². The summed E-state index contributed by atoms with van der Waals surface area (Å²) in [6.07, 6.45) is 0. The molecule has 2 rings (SSSR count). The molecule has 1 heterocycles. The SMILES string of the molecule is O=C(COC(=O)CN1CCSC1=O)Nc1ccc([N+](=O)[O-])cc1. The van der Waals surface area contributed by atoms with E-state index in [1.807, 2.05) is 0 Å². The topological polar surface area (TPSA) is 119 Å². The second kappa shape index (κ2) is 7.58. The van der Waals surface area contributed by atoms with E-state index in [1.54, 1.807) is 0 Å². The predicted molar refractivity (Wildman–Crippen MR) is 82.1 cm³/mol. The van der Waals surface area contributed by atoms with Gasteiger partial charge in [0.25, 0.3) is 16.8 Å². The van der Waals surface area contributed by atoms with Crippen LogP contribution in [0.3, 0.4) is 0 Å². The van der Waals surface area contributed by atoms with Crippen LogP contribution in [-0.4, -0.2) is 52.4 Å². The summed E-state index contributed by atoms with van der Waals surface area (Å²) in [5, 5.41) is 12.8. The maximum absolute atomic E-state index is 11.6. The zero-order valence-electron chi connectivity index (χ0n) is 11.9. The highest BCUT2D eigenvalue weighted by Gasteiger charge is 2.24. The van der Waals surface area contributed by atoms with Crippen molar-refractivity contribution in [3.05, 3.63) is 34.4 Å². The Bertz CT molecular complexity index is 633. The van der Waals surface area contributed by atoms with Crippen molar-refractivity contribution in [3.63, 3.8) is 0 Å². The molecule has 0 bridgehead atoms. The number of anilines is 1. The Morgan fingerprint density at radius 3 is 2.61 bits per heavy atom. The number of thioether (sulfide) groups is 1. The Labute approximate surface area is 135 Å². The lowest BCUT2D eigenvalue weighted by atomic mass is 10.3. The first-order chi connectivity index (χ1) is 11.0. The van der Waals surface area contributed by atoms with Crippen molar-refractivity contribution in [2.45, 2.75) is 0 Å². The third-order valence-corrected chi connectivity index (χ3v) is 3.78. The highest BCUT2D eigenvalue weighted by Crippen LogP contribution is 2.17. The van der Waals surface area contributed by atoms with Gasteiger partial charge in [0.2, 0.25) is 0 Å². The zero-order chi connectivity index (χ0) is 16.8. The number of amides is 2. The monoisotopic (exact) mass is 339 g/mol. The summed E-state index contributed by atoms with van der Waals surface area (Å²) in [4.78, 5) is 45.8. The van der Waals surface area contributed by atoms with Crippen molar-refractivity contribution in [1.29, 1.82) is 0 Å². The molecule has 10 heteroatoms. The van der Waals surface area contributed by atoms with Gasteiger partial charge in [-0.05, 0) is 12.1 Å². The first-order valence-electron chi connectivity index (χ1n) is 6.57. The lowest BCUT2D eigenvalue weighted by molar-refractivity contribution is -0.384. The van der Waals surface area contributed by atoms with Crippen molar-refractivity contribution in [3.8, 4) is 0 Å². The molecule has 0 aliphatic carbocycles. The van der Waals surface area contributed by atoms with Crippen molar-refractivity contribution in [2.75, 3.05) is 30.8 Å². The van der Waals surface area contributed by atoms with Gasteiger partial charge in [0.05, 0.1) is 4.92 Å². The number of carbonyl (C=O) groups is 3. The Kier molecular flexibility index (Phi) is 5.52. The molecule has 1 aliphatic rings. The van der Waals surface area contributed by atoms with Gasteiger partial charge in [-0.3, -0.25) is 24.5 Å². The van der Waals surface area contributed by atoms with Crippen LogP contribution in [0, 0.1) is 10.1 Å². The summed E-state index contributed by atoms with van der Waals surface area (Å²) in [6, 6.07) is 5.24. The van der Waals surface area contributed by atoms with Gasteiger partial charge in [-0.15, -0.1) is 0 Å². The molecule has 1 aromatic carbocycles. The van der Waals surface area contributed by atoms with Crippen LogP contribution < -0.4 is 5.32 Å². The highest BCUT2D eigenvalue weighted by molar-refractivity contribution is 8.13. The molecule has 1 aromatic rings. The molecule has 1 fully saturated rings. The van der Waals surface area contributed by atoms with Gasteiger partial charge in [-0.2, -0.15) is 0 Å². The lowest BCUT2D eigenvalue weighted by Crippen LogP contribution is -2.32. The fourth-order valence-electron chi connectivity index (χ4n) is 1.78. The van der Waals surface area contributed by atoms with Crippen molar-refractivity contribution in [2.24, 2.45) is 0 Å². The van der Waals surface area contributed by atoms with Crippen molar-refractivity contribution in [1.82, 2.24) is 4.90 Å². The number of rotatable bonds is 6. The number of hydrogen-bond donors (Lipinski definition) is 1. The maximum Gasteiger partial charge on any atom is 0.326 e. The predicted octanol–water partition coefficient (Wildman–Crippen LogP) is 1.25. The molecule has 9 nitrogen and oxygen atoms in total. The van der Waals surface area contributed by atoms with E-state index >= 15 is 0 Å². The van der Waals surface area contributed by atoms with Crippen LogP contribution in [0.2, 0.25) is 0 Å². The molecule has 0 atom stereocenters. The van der Waals surface area contributed by atoms with E-state index in [4.69, 9.17) is 4.74 Å². The minimum absolute atomic E-state index is 0.0948. The Morgan fingerprint density at radius 2 is 2.04 bits per heavy atom. The Morgan fingerprint density at radius 1 is 1.35 bits per heavy atom. The summed E-state index contributed by atoms with van der Waals surface area (Å²) in [7, 11) is 0. The third kappa shape index (κ3) is 4.95. The molecular weight excluding hydrogens is 326 g/mol. The number of esters is 1. The van der Waals surface area contributed by atoms with Gasteiger partial charge in [-0.25, -0.2) is 0 Å². The van der Waals surface area contributed by atoms with E-state index in [1.165, 1.54) is 29.2 Å². The summed E-state index contributed by atoms with van der Waals surface area (Å²) >= 11 is 1.13. The summed E-state index contributed by atoms with van der Waals surface area (Å²) in [5.41, 5.74) is 0.255. The normalized spacial score (nSPS) is 13.7. The summed E-state index contributed by atoms with van der Waals surface area (Å²) in [5.74, 6) is -0.610. The molecule has 1 aliphatic heterocycles. The maximum atomic E-state index is 11.6. The summed E-state index contributed by atoms with van der Waals surface area (Å²) < 4.78 is 4.79. The van der Waals surface area contributed by atoms with Crippen molar-refractivity contribution < 1.29 is 24.0 Å². The number of non-ortho nitro benzene ring substituents is 1. The van der Waals surface area contributed by atoms with E-state index < -0.39 is 23.4 Å². The lowest BCUT2D eigenvalue weighted by Gasteiger charge is -2.13. The number of ether oxygens (including phenoxy) is 1. The summed E-state index contributed by atoms with van der Waals surface area (Å²) in [6.45, 7) is -0.199. The highest BCUT2D eigenvalue weighted by atomic mass is 32.2. The van der Waals surface area contributed by atoms with Crippen LogP contribution in [-0.2, 0) is 14.3 Å². The van der Waals surface area contributed by atoms with Gasteiger partial charge in [0, 0.05) is 30.1 Å². The number of nitro groups is 1. The first kappa shape index (κ1) is 16.7. The van der Waals surface area contributed by atoms with E-state index in [9.17, 15) is 24.5 Å². The molecule has 0 unspecified atom stereocenters. The molecule has 0 spiro atoms. The second-order valence-corrected chi connectivity index (χ2v) is 5.59. The molecule has 23 heavy (non-hydrogen) atoms. The van der Waals surface area contributed by atoms with Gasteiger partial charge < -0.3 is 15.0 Å². The van der Waals surface area contributed by atoms with Gasteiger partial charge >= 0.3 is 5.97 Å². The number of nitrogens with one attached hydrogen (secondary N) is 1. The molecule has 0 aromatic heterocycles. The van der Waals surface area contributed by atoms with Crippen LogP contribution in [0.5, 0.6) is 0 Å². The van der Waals surface area contributed by atoms with E-state index in [2.05, 4.69) is 5.32 Å². The minimum atomic E-state index is -0.667. The molecule has 1 saturated heterocycles. The molecule has 2 amide bonds. The molecule has 0 saturated carbocycles. The largest absolute Gasteiger partial charge is 0.454 e. The first-order valence-corrected chi connectivity index (χ1v) is 7.56.